The Morgan fingerprint density at radius 1 is 0.618 bits per heavy atom. The molecule has 9 aromatic rings. The molecule has 0 radical (unpaired) electrons. The number of nitrogen functional groups attached to an aromatic ring is 2. The van der Waals surface area contributed by atoms with E-state index in [1.165, 1.54) is 100 Å². The Morgan fingerprint density at radius 2 is 1.12 bits per heavy atom. The van der Waals surface area contributed by atoms with Gasteiger partial charge in [-0.3, -0.25) is 43.2 Å². The highest BCUT2D eigenvalue weighted by atomic mass is 31.3. The number of nitrogens with one attached hydrogen (secondary N) is 1. The number of benzene rings is 5. The van der Waals surface area contributed by atoms with Gasteiger partial charge in [0.05, 0.1) is 83.7 Å². The first kappa shape index (κ1) is 94.8. The second-order valence-electron chi connectivity index (χ2n) is 30.5. The first-order valence-electron chi connectivity index (χ1n) is 39.8. The van der Waals surface area contributed by atoms with Gasteiger partial charge >= 0.3 is 46.9 Å². The summed E-state index contributed by atoms with van der Waals surface area (Å²) >= 11 is 0. The minimum absolute atomic E-state index is 0.00494. The van der Waals surface area contributed by atoms with Gasteiger partial charge < -0.3 is 110 Å². The molecule has 694 valence electrons. The number of phosphoric ester groups is 2. The standard InChI is InChI=1S/C54H54N9O19P3.C21H26N7O15P3/c1-28(78-52-45-50(58-54(55)59-52)62(27-57-45)43-25-41(64)42(79-43)26-77-84(73,74)82-85(75,76)81-83(70,71)72)33-14-12-29(21-40(33)63(68)69)7-2-16-56-51(65)32-13-15-34(53(66)67)37(24-32)44-38-22-30-8-3-17-60-19-5-10-35(46(30)60)48(38)80-49-36-11-6-20-61-18-4-9-31(47(36)61)23-39(44)49;1-11(13-5-4-12(3-2-6-22)7-14(13)28(30)31)40-20-18-19(25-21(23)26-20)27(10-24-18)17-8-15(29)16(41-17)9-39-45(35,36)43-46(37,38)42-44(32,33)34/h12-15,21-24,27-28,41-43,64H,3-6,8-11,16-20,25-26H2,1H3,(H7-,55,56,58,59,65,66,67,70,71,72,73,74,75,76);4-5,7,10-11,15-17,29H,6,8-9,22H2,1H3,(H,35,36)(H,37,38)(H2,23,25,26)(H2,32,33,34)/t28-,41?,42-,43-;11-,15?,16-,17-/m11/s1. The number of ether oxygens (including phenoxy) is 5. The molecule has 6 unspecified atom stereocenters. The van der Waals surface area contributed by atoms with E-state index in [0.717, 1.165) is 111 Å². The van der Waals surface area contributed by atoms with Crippen molar-refractivity contribution in [1.82, 2.24) is 48.9 Å². The van der Waals surface area contributed by atoms with E-state index >= 15 is 0 Å². The number of nitro benzene ring substituents is 2. The number of hydrogen-bond donors (Lipinski definition) is 14. The minimum Gasteiger partial charge on any atom is -0.545 e. The maximum absolute atomic E-state index is 14.1. The number of anilines is 3. The molecule has 17 N–H and O–H groups in total. The summed E-state index contributed by atoms with van der Waals surface area (Å²) in [6, 6.07) is 17.3. The zero-order chi connectivity index (χ0) is 93.9. The molecule has 0 saturated carbocycles. The molecule has 0 bridgehead atoms. The van der Waals surface area contributed by atoms with Crippen LogP contribution >= 0.6 is 46.9 Å². The normalized spacial score (nSPS) is 20.8. The zero-order valence-electron chi connectivity index (χ0n) is 68.4. The average Bonchev–Trinajstić information content (AvgIpc) is 1.29. The van der Waals surface area contributed by atoms with E-state index in [0.29, 0.717) is 16.7 Å². The van der Waals surface area contributed by atoms with E-state index < -0.39 is 131 Å². The van der Waals surface area contributed by atoms with E-state index in [2.05, 4.69) is 107 Å². The summed E-state index contributed by atoms with van der Waals surface area (Å²) in [6.45, 7) is 4.92. The summed E-state index contributed by atoms with van der Waals surface area (Å²) < 4.78 is 129. The molecule has 56 heteroatoms. The molecule has 131 heavy (non-hydrogen) atoms. The van der Waals surface area contributed by atoms with Crippen molar-refractivity contribution in [2.24, 2.45) is 5.73 Å². The molecule has 7 aliphatic heterocycles. The van der Waals surface area contributed by atoms with Gasteiger partial charge in [0.2, 0.25) is 29.0 Å². The SMILES string of the molecule is C[C@@H](Oc1nc(N)nc2c1ncn2[C@H]1CC(O)[C@@H](COP(=O)(O)OP(=O)(O)OP(=O)(O)O)O1)c1ccc(C#CCN)cc1[N+](=O)[O-].C[C@@H](Oc1nc(N)nc2c1ncn2[C@H]1CC(O)[C@@H](COP(=O)(O)OP(=O)(O)OP(=O)(O)O)O1)c1ccc(C#CCNC(=O)c2ccc(C(=O)[O-])c(C3=c4cc5c6c(c4Oc4c3cc3c7c4CCCN7CCC3)CCC[N+]=6CCC5)c2)cc1[N+](=O)[O-]. The Labute approximate surface area is 738 Å². The number of amides is 1. The number of imidazole rings is 2. The topological polar surface area (TPSA) is 733 Å². The molecule has 2 saturated heterocycles. The number of aryl methyl sites for hydroxylation is 2. The molecule has 1 amide bonds. The fraction of sp³-hybridized carbons (Fsp3) is 0.373. The molecule has 0 spiro atoms. The fourth-order valence-corrected chi connectivity index (χ4v) is 22.6. The molecule has 4 aromatic heterocycles. The maximum Gasteiger partial charge on any atom is 0.490 e. The monoisotopic (exact) mass is 1930 g/mol. The lowest BCUT2D eigenvalue weighted by Crippen LogP contribution is -2.45. The van der Waals surface area contributed by atoms with Gasteiger partial charge in [-0.2, -0.15) is 37.2 Å². The number of fused-ring (bicyclic) bond motifs is 6. The fourth-order valence-electron chi connectivity index (χ4n) is 16.5. The molecule has 5 aromatic carbocycles. The van der Waals surface area contributed by atoms with Crippen molar-refractivity contribution in [2.75, 3.05) is 68.8 Å². The number of nitro groups is 2. The minimum atomic E-state index is -5.80. The number of carbonyl (C=O) groups is 2. The van der Waals surface area contributed by atoms with Crippen LogP contribution in [0, 0.1) is 43.9 Å². The number of carboxylic acid groups (broad SMARTS) is 1. The van der Waals surface area contributed by atoms with Crippen LogP contribution in [0.25, 0.3) is 27.9 Å². The third-order valence-corrected chi connectivity index (χ3v) is 29.4. The number of aliphatic hydroxyl groups is 2. The summed E-state index contributed by atoms with van der Waals surface area (Å²) in [6.07, 6.45) is -0.269. The third-order valence-electron chi connectivity index (χ3n) is 21.7. The van der Waals surface area contributed by atoms with Crippen LogP contribution in [0.1, 0.15) is 153 Å². The van der Waals surface area contributed by atoms with Crippen LogP contribution in [0.3, 0.4) is 0 Å². The number of nitrogens with zero attached hydrogens (tertiary/aromatic N) is 12. The number of aromatic nitrogens is 8. The maximum atomic E-state index is 14.1. The number of carboxylic acids is 1. The average molecular weight is 1940 g/mol. The van der Waals surface area contributed by atoms with Crippen LogP contribution in [-0.2, 0) is 88.8 Å². The number of aliphatic hydroxyl groups excluding tert-OH is 2. The Hall–Kier alpha value is -10.9. The van der Waals surface area contributed by atoms with Crippen molar-refractivity contribution in [3.8, 4) is 46.9 Å². The van der Waals surface area contributed by atoms with Crippen molar-refractivity contribution in [3.63, 3.8) is 0 Å². The Balaban J connectivity index is 0.000000241. The van der Waals surface area contributed by atoms with Crippen LogP contribution in [0.5, 0.6) is 23.3 Å². The van der Waals surface area contributed by atoms with Gasteiger partial charge in [-0.15, -0.1) is 0 Å². The molecule has 11 heterocycles. The summed E-state index contributed by atoms with van der Waals surface area (Å²) in [7, 11) is -33.8. The Bertz CT molecular complexity index is 6760. The summed E-state index contributed by atoms with van der Waals surface area (Å²) in [4.78, 5) is 151. The zero-order valence-corrected chi connectivity index (χ0v) is 73.8. The van der Waals surface area contributed by atoms with E-state index in [4.69, 9.17) is 60.5 Å². The van der Waals surface area contributed by atoms with Gasteiger partial charge in [0.15, 0.2) is 22.3 Å². The molecule has 12 atom stereocenters. The van der Waals surface area contributed by atoms with Gasteiger partial charge in [-0.05, 0) is 112 Å². The second kappa shape index (κ2) is 37.7. The van der Waals surface area contributed by atoms with Gasteiger partial charge in [0.1, 0.15) is 61.5 Å². The largest absolute Gasteiger partial charge is 0.545 e. The molecular weight excluding hydrogens is 1850 g/mol. The van der Waals surface area contributed by atoms with Crippen molar-refractivity contribution in [2.45, 2.75) is 127 Å². The van der Waals surface area contributed by atoms with Crippen molar-refractivity contribution < 1.29 is 151 Å². The van der Waals surface area contributed by atoms with Crippen LogP contribution in [0.15, 0.2) is 79.4 Å². The molecule has 2 fully saturated rings. The highest BCUT2D eigenvalue weighted by Gasteiger charge is 2.47. The van der Waals surface area contributed by atoms with Crippen LogP contribution in [0.4, 0.5) is 29.0 Å². The van der Waals surface area contributed by atoms with Crippen molar-refractivity contribution in [3.05, 3.63) is 177 Å². The molecular formula is C75H80N16O34P6. The van der Waals surface area contributed by atoms with Crippen LogP contribution in [0.2, 0.25) is 0 Å². The van der Waals surface area contributed by atoms with Gasteiger partial charge in [-0.25, -0.2) is 41.9 Å². The number of aromatic carboxylic acids is 1. The summed E-state index contributed by atoms with van der Waals surface area (Å²) in [5.41, 5.74) is 25.4. The van der Waals surface area contributed by atoms with E-state index in [1.807, 2.05) is 0 Å². The highest BCUT2D eigenvalue weighted by Crippen LogP contribution is 2.68. The quantitative estimate of drug-likeness (QED) is 0.0109. The van der Waals surface area contributed by atoms with Crippen LogP contribution < -0.4 is 61.9 Å². The van der Waals surface area contributed by atoms with Gasteiger partial charge in [0, 0.05) is 106 Å². The lowest BCUT2D eigenvalue weighted by Gasteiger charge is -2.39. The smallest absolute Gasteiger partial charge is 0.490 e. The van der Waals surface area contributed by atoms with Crippen molar-refractivity contribution >= 4 is 116 Å². The highest BCUT2D eigenvalue weighted by molar-refractivity contribution is 7.67. The Kier molecular flexibility index (Phi) is 27.2. The number of carbonyl (C=O) groups excluding carboxylic acids is 2. The lowest BCUT2D eigenvalue weighted by atomic mass is 9.81. The lowest BCUT2D eigenvalue weighted by molar-refractivity contribution is -0.386. The first-order chi connectivity index (χ1) is 61.9. The first-order valence-corrected chi connectivity index (χ1v) is 48.8. The predicted octanol–water partition coefficient (Wildman–Crippen LogP) is 3.79. The van der Waals surface area contributed by atoms with E-state index in [-0.39, 0.29) is 111 Å². The number of phosphoric acid groups is 6. The summed E-state index contributed by atoms with van der Waals surface area (Å²) in [5.74, 6) is 9.64. The Morgan fingerprint density at radius 3 is 1.63 bits per heavy atom. The second-order valence-corrected chi connectivity index (χ2v) is 39.4. The van der Waals surface area contributed by atoms with Crippen molar-refractivity contribution in [1.29, 1.82) is 0 Å². The predicted molar refractivity (Wildman–Crippen MR) is 449 cm³/mol. The van der Waals surface area contributed by atoms with Gasteiger partial charge in [0.25, 0.3) is 17.3 Å². The number of hydrogen-bond acceptors (Lipinski definition) is 36. The molecule has 16 rings (SSSR count). The van der Waals surface area contributed by atoms with Crippen LogP contribution in [-0.4, -0.2) is 187 Å². The third kappa shape index (κ3) is 21.3. The number of rotatable bonds is 28. The van der Waals surface area contributed by atoms with Gasteiger partial charge in [-0.1, -0.05) is 29.7 Å². The summed E-state index contributed by atoms with van der Waals surface area (Å²) in [5, 5.41) is 63.4. The molecule has 50 nitrogen and oxygen atoms in total. The van der Waals surface area contributed by atoms with E-state index in [9.17, 15) is 92.1 Å². The van der Waals surface area contributed by atoms with E-state index in [1.54, 1.807) is 12.1 Å². The molecule has 0 aliphatic carbocycles. The molecule has 7 aliphatic rings. The number of nitrogens with two attached hydrogens (primary N) is 3.